The van der Waals surface area contributed by atoms with E-state index in [0.717, 1.165) is 22.6 Å². The van der Waals surface area contributed by atoms with Crippen LogP contribution >= 0.6 is 0 Å². The maximum atomic E-state index is 5.81. The van der Waals surface area contributed by atoms with Crippen LogP contribution in [0.1, 0.15) is 0 Å². The molecule has 0 amide bonds. The minimum Gasteiger partial charge on any atom is -0.399 e. The lowest BCUT2D eigenvalue weighted by molar-refractivity contribution is 1.39. The van der Waals surface area contributed by atoms with Crippen LogP contribution in [-0.4, -0.2) is 4.98 Å². The van der Waals surface area contributed by atoms with Crippen molar-refractivity contribution in [1.82, 2.24) is 4.98 Å². The number of anilines is 1. The topological polar surface area (TPSA) is 41.8 Å². The first-order valence-corrected chi connectivity index (χ1v) is 8.01. The number of nitrogen functional groups attached to an aromatic ring is 1. The summed E-state index contributed by atoms with van der Waals surface area (Å²) in [6, 6.07) is 31.1. The zero-order chi connectivity index (χ0) is 16.4. The van der Waals surface area contributed by atoms with Crippen molar-refractivity contribution in [3.8, 4) is 33.6 Å². The number of hydrogen-bond acceptors (Lipinski definition) is 1. The summed E-state index contributed by atoms with van der Waals surface area (Å²) in [7, 11) is 0. The third kappa shape index (κ3) is 2.70. The molecule has 2 heteroatoms. The Morgan fingerprint density at radius 3 is 1.79 bits per heavy atom. The number of H-pyrrole nitrogens is 1. The molecule has 0 atom stereocenters. The highest BCUT2D eigenvalue weighted by molar-refractivity contribution is 5.86. The largest absolute Gasteiger partial charge is 0.399 e. The molecule has 3 aromatic carbocycles. The zero-order valence-electron chi connectivity index (χ0n) is 13.2. The molecule has 0 saturated carbocycles. The molecule has 2 nitrogen and oxygen atoms in total. The highest BCUT2D eigenvalue weighted by Crippen LogP contribution is 2.35. The van der Waals surface area contributed by atoms with Crippen LogP contribution in [0.3, 0.4) is 0 Å². The van der Waals surface area contributed by atoms with E-state index in [9.17, 15) is 0 Å². The molecule has 4 rings (SSSR count). The van der Waals surface area contributed by atoms with Gasteiger partial charge in [-0.15, -0.1) is 0 Å². The summed E-state index contributed by atoms with van der Waals surface area (Å²) in [6.45, 7) is 0. The molecular weight excluding hydrogens is 292 g/mol. The first kappa shape index (κ1) is 14.3. The molecule has 0 fully saturated rings. The third-order valence-corrected chi connectivity index (χ3v) is 4.19. The van der Waals surface area contributed by atoms with Gasteiger partial charge in [0.05, 0.1) is 5.69 Å². The predicted octanol–water partition coefficient (Wildman–Crippen LogP) is 5.60. The van der Waals surface area contributed by atoms with Gasteiger partial charge in [0.1, 0.15) is 0 Å². The molecule has 116 valence electrons. The van der Waals surface area contributed by atoms with Crippen molar-refractivity contribution in [2.75, 3.05) is 5.73 Å². The van der Waals surface area contributed by atoms with E-state index in [4.69, 9.17) is 5.73 Å². The van der Waals surface area contributed by atoms with E-state index in [-0.39, 0.29) is 0 Å². The van der Waals surface area contributed by atoms with E-state index in [1.807, 2.05) is 36.4 Å². The molecule has 1 aromatic heterocycles. The van der Waals surface area contributed by atoms with Gasteiger partial charge in [-0.1, -0.05) is 72.8 Å². The molecule has 1 heterocycles. The average Bonchev–Trinajstić information content (AvgIpc) is 3.09. The van der Waals surface area contributed by atoms with Gasteiger partial charge in [-0.2, -0.15) is 0 Å². The number of aromatic amines is 1. The van der Waals surface area contributed by atoms with Crippen molar-refractivity contribution < 1.29 is 0 Å². The molecule has 0 radical (unpaired) electrons. The standard InChI is InChI=1S/C22H18N2/c23-19-13-11-17(12-14-19)21-15-20(16-7-3-1-4-8-16)22(24-21)18-9-5-2-6-10-18/h1-15,24H,23H2. The first-order chi connectivity index (χ1) is 11.8. The van der Waals surface area contributed by atoms with Crippen molar-refractivity contribution >= 4 is 5.69 Å². The van der Waals surface area contributed by atoms with E-state index in [1.165, 1.54) is 16.7 Å². The van der Waals surface area contributed by atoms with Crippen LogP contribution in [0.2, 0.25) is 0 Å². The zero-order valence-corrected chi connectivity index (χ0v) is 13.2. The van der Waals surface area contributed by atoms with E-state index >= 15 is 0 Å². The Labute approximate surface area is 141 Å². The van der Waals surface area contributed by atoms with Crippen LogP contribution in [0, 0.1) is 0 Å². The molecule has 0 aliphatic rings. The normalized spacial score (nSPS) is 10.7. The fourth-order valence-corrected chi connectivity index (χ4v) is 2.95. The maximum Gasteiger partial charge on any atom is 0.0538 e. The highest BCUT2D eigenvalue weighted by Gasteiger charge is 2.12. The molecule has 3 N–H and O–H groups in total. The van der Waals surface area contributed by atoms with Gasteiger partial charge in [0.25, 0.3) is 0 Å². The van der Waals surface area contributed by atoms with Crippen molar-refractivity contribution in [3.63, 3.8) is 0 Å². The second-order valence-corrected chi connectivity index (χ2v) is 5.83. The van der Waals surface area contributed by atoms with Gasteiger partial charge >= 0.3 is 0 Å². The predicted molar refractivity (Wildman–Crippen MR) is 102 cm³/mol. The number of nitrogens with two attached hydrogens (primary N) is 1. The van der Waals surface area contributed by atoms with Gasteiger partial charge < -0.3 is 10.7 Å². The maximum absolute atomic E-state index is 5.81. The van der Waals surface area contributed by atoms with Crippen molar-refractivity contribution in [3.05, 3.63) is 91.0 Å². The average molecular weight is 310 g/mol. The molecule has 0 spiro atoms. The summed E-state index contributed by atoms with van der Waals surface area (Å²) < 4.78 is 0. The molecule has 0 saturated heterocycles. The number of rotatable bonds is 3. The van der Waals surface area contributed by atoms with Gasteiger partial charge in [-0.3, -0.25) is 0 Å². The molecule has 0 bridgehead atoms. The Hall–Kier alpha value is -3.26. The molecule has 0 aliphatic heterocycles. The van der Waals surface area contributed by atoms with Crippen LogP contribution in [-0.2, 0) is 0 Å². The Kier molecular flexibility index (Phi) is 3.64. The smallest absolute Gasteiger partial charge is 0.0538 e. The molecular formula is C22H18N2. The second kappa shape index (κ2) is 6.09. The summed E-state index contributed by atoms with van der Waals surface area (Å²) in [4.78, 5) is 3.59. The summed E-state index contributed by atoms with van der Waals surface area (Å²) in [5, 5.41) is 0. The molecule has 0 unspecified atom stereocenters. The second-order valence-electron chi connectivity index (χ2n) is 5.83. The Morgan fingerprint density at radius 1 is 0.583 bits per heavy atom. The van der Waals surface area contributed by atoms with Gasteiger partial charge in [0, 0.05) is 16.9 Å². The van der Waals surface area contributed by atoms with Crippen LogP contribution < -0.4 is 5.73 Å². The van der Waals surface area contributed by atoms with Crippen LogP contribution in [0.5, 0.6) is 0 Å². The number of hydrogen-bond donors (Lipinski definition) is 2. The lowest BCUT2D eigenvalue weighted by Crippen LogP contribution is -1.84. The summed E-state index contributed by atoms with van der Waals surface area (Å²) in [5.74, 6) is 0. The van der Waals surface area contributed by atoms with Gasteiger partial charge in [0.15, 0.2) is 0 Å². The molecule has 0 aliphatic carbocycles. The van der Waals surface area contributed by atoms with Crippen molar-refractivity contribution in [2.24, 2.45) is 0 Å². The van der Waals surface area contributed by atoms with E-state index in [1.54, 1.807) is 0 Å². The van der Waals surface area contributed by atoms with E-state index < -0.39 is 0 Å². The van der Waals surface area contributed by atoms with E-state index in [0.29, 0.717) is 0 Å². The summed E-state index contributed by atoms with van der Waals surface area (Å²) in [6.07, 6.45) is 0. The van der Waals surface area contributed by atoms with Crippen molar-refractivity contribution in [2.45, 2.75) is 0 Å². The molecule has 24 heavy (non-hydrogen) atoms. The SMILES string of the molecule is Nc1ccc(-c2cc(-c3ccccc3)c(-c3ccccc3)[nH]2)cc1. The van der Waals surface area contributed by atoms with Crippen LogP contribution in [0.15, 0.2) is 91.0 Å². The summed E-state index contributed by atoms with van der Waals surface area (Å²) >= 11 is 0. The van der Waals surface area contributed by atoms with Gasteiger partial charge in [-0.05, 0) is 34.9 Å². The monoisotopic (exact) mass is 310 g/mol. The van der Waals surface area contributed by atoms with Gasteiger partial charge in [0.2, 0.25) is 0 Å². The Bertz CT molecular complexity index is 879. The number of aromatic nitrogens is 1. The first-order valence-electron chi connectivity index (χ1n) is 8.01. The quantitative estimate of drug-likeness (QED) is 0.475. The van der Waals surface area contributed by atoms with Crippen LogP contribution in [0.4, 0.5) is 5.69 Å². The van der Waals surface area contributed by atoms with Crippen molar-refractivity contribution in [1.29, 1.82) is 0 Å². The third-order valence-electron chi connectivity index (χ3n) is 4.19. The Balaban J connectivity index is 1.89. The van der Waals surface area contributed by atoms with Gasteiger partial charge in [-0.25, -0.2) is 0 Å². The fourth-order valence-electron chi connectivity index (χ4n) is 2.95. The molecule has 4 aromatic rings. The Morgan fingerprint density at radius 2 is 1.17 bits per heavy atom. The lowest BCUT2D eigenvalue weighted by atomic mass is 10.0. The minimum absolute atomic E-state index is 0.775. The van der Waals surface area contributed by atoms with E-state index in [2.05, 4.69) is 59.6 Å². The van der Waals surface area contributed by atoms with Crippen LogP contribution in [0.25, 0.3) is 33.6 Å². The lowest BCUT2D eigenvalue weighted by Gasteiger charge is -2.04. The minimum atomic E-state index is 0.775. The highest BCUT2D eigenvalue weighted by atomic mass is 14.7. The number of benzene rings is 3. The fraction of sp³-hybridized carbons (Fsp3) is 0. The number of nitrogens with one attached hydrogen (secondary N) is 1. The summed E-state index contributed by atoms with van der Waals surface area (Å²) in [5.41, 5.74) is 13.5.